The molecule has 1 amide bonds. The van der Waals surface area contributed by atoms with Crippen LogP contribution in [0.5, 0.6) is 0 Å². The van der Waals surface area contributed by atoms with Crippen LogP contribution in [0, 0.1) is 12.7 Å². The first kappa shape index (κ1) is 17.6. The van der Waals surface area contributed by atoms with Crippen LogP contribution in [-0.4, -0.2) is 47.3 Å². The maximum absolute atomic E-state index is 13.4. The van der Waals surface area contributed by atoms with Crippen LogP contribution in [-0.2, 0) is 4.74 Å². The van der Waals surface area contributed by atoms with E-state index in [1.54, 1.807) is 37.1 Å². The summed E-state index contributed by atoms with van der Waals surface area (Å²) in [6.45, 7) is 3.18. The lowest BCUT2D eigenvalue weighted by Gasteiger charge is -2.25. The Balaban J connectivity index is 1.62. The van der Waals surface area contributed by atoms with E-state index in [0.717, 1.165) is 31.4 Å². The second-order valence-corrected chi connectivity index (χ2v) is 6.63. The van der Waals surface area contributed by atoms with Gasteiger partial charge >= 0.3 is 0 Å². The van der Waals surface area contributed by atoms with Gasteiger partial charge in [-0.25, -0.2) is 4.39 Å². The molecule has 3 rings (SSSR count). The molecule has 25 heavy (non-hydrogen) atoms. The highest BCUT2D eigenvalue weighted by molar-refractivity contribution is 5.93. The van der Waals surface area contributed by atoms with E-state index in [2.05, 4.69) is 10.2 Å². The Kier molecular flexibility index (Phi) is 5.48. The summed E-state index contributed by atoms with van der Waals surface area (Å²) in [5.74, 6) is -0.353. The van der Waals surface area contributed by atoms with Crippen LogP contribution in [0.15, 0.2) is 24.3 Å². The van der Waals surface area contributed by atoms with Gasteiger partial charge in [0.2, 0.25) is 0 Å². The number of hydrogen-bond acceptors (Lipinski definition) is 3. The molecule has 0 radical (unpaired) electrons. The van der Waals surface area contributed by atoms with Crippen LogP contribution in [0.2, 0.25) is 0 Å². The van der Waals surface area contributed by atoms with Gasteiger partial charge in [-0.2, -0.15) is 5.10 Å². The van der Waals surface area contributed by atoms with Crippen molar-refractivity contribution in [3.05, 3.63) is 41.3 Å². The van der Waals surface area contributed by atoms with Crippen LogP contribution in [0.4, 0.5) is 4.39 Å². The van der Waals surface area contributed by atoms with Crippen molar-refractivity contribution in [3.63, 3.8) is 0 Å². The second-order valence-electron chi connectivity index (χ2n) is 6.63. The molecular formula is C19H24FN3O2. The Bertz CT molecular complexity index is 738. The maximum atomic E-state index is 13.4. The minimum absolute atomic E-state index is 0.103. The van der Waals surface area contributed by atoms with E-state index in [1.165, 1.54) is 12.5 Å². The summed E-state index contributed by atoms with van der Waals surface area (Å²) in [5.41, 5.74) is 2.41. The topological polar surface area (TPSA) is 58.2 Å². The summed E-state index contributed by atoms with van der Waals surface area (Å²) < 4.78 is 19.1. The molecule has 0 saturated carbocycles. The molecule has 1 N–H and O–H groups in total. The van der Waals surface area contributed by atoms with Crippen molar-refractivity contribution in [2.24, 2.45) is 0 Å². The minimum Gasteiger partial charge on any atom is -0.378 e. The molecule has 0 spiro atoms. The highest BCUT2D eigenvalue weighted by Crippen LogP contribution is 2.21. The molecule has 1 saturated heterocycles. The predicted octanol–water partition coefficient (Wildman–Crippen LogP) is 3.56. The zero-order valence-electron chi connectivity index (χ0n) is 14.7. The van der Waals surface area contributed by atoms with Crippen molar-refractivity contribution in [1.82, 2.24) is 15.1 Å². The number of carbonyl (C=O) groups is 1. The lowest BCUT2D eigenvalue weighted by Crippen LogP contribution is -2.31. The van der Waals surface area contributed by atoms with E-state index < -0.39 is 0 Å². The molecule has 2 heterocycles. The Morgan fingerprint density at radius 3 is 2.96 bits per heavy atom. The molecule has 6 heteroatoms. The lowest BCUT2D eigenvalue weighted by molar-refractivity contribution is 0.00705. The van der Waals surface area contributed by atoms with Crippen LogP contribution < -0.4 is 0 Å². The van der Waals surface area contributed by atoms with Crippen molar-refractivity contribution in [3.8, 4) is 11.3 Å². The van der Waals surface area contributed by atoms with Crippen LogP contribution in [0.1, 0.15) is 41.7 Å². The largest absolute Gasteiger partial charge is 0.378 e. The molecule has 1 aromatic heterocycles. The van der Waals surface area contributed by atoms with Gasteiger partial charge in [0.1, 0.15) is 11.5 Å². The van der Waals surface area contributed by atoms with Crippen molar-refractivity contribution >= 4 is 5.91 Å². The molecule has 0 bridgehead atoms. The maximum Gasteiger partial charge on any atom is 0.271 e. The Morgan fingerprint density at radius 1 is 1.40 bits per heavy atom. The zero-order valence-corrected chi connectivity index (χ0v) is 14.7. The number of H-pyrrole nitrogens is 1. The average Bonchev–Trinajstić information content (AvgIpc) is 3.12. The standard InChI is InChI=1S/C19H24FN3O2/c1-13-11-14(6-7-16(13)20)17-12-18(22-21-17)19(24)23(2)9-8-15-5-3-4-10-25-15/h6-7,11-12,15H,3-5,8-10H2,1-2H3,(H,21,22). The molecular weight excluding hydrogens is 321 g/mol. The number of carbonyl (C=O) groups excluding carboxylic acids is 1. The Labute approximate surface area is 147 Å². The fraction of sp³-hybridized carbons (Fsp3) is 0.474. The van der Waals surface area contributed by atoms with Crippen LogP contribution >= 0.6 is 0 Å². The molecule has 1 aliphatic rings. The van der Waals surface area contributed by atoms with Gasteiger partial charge in [0.15, 0.2) is 0 Å². The Morgan fingerprint density at radius 2 is 2.24 bits per heavy atom. The number of aromatic amines is 1. The second kappa shape index (κ2) is 7.78. The van der Waals surface area contributed by atoms with Gasteiger partial charge < -0.3 is 9.64 Å². The van der Waals surface area contributed by atoms with Gasteiger partial charge in [-0.15, -0.1) is 0 Å². The number of nitrogens with zero attached hydrogens (tertiary/aromatic N) is 2. The summed E-state index contributed by atoms with van der Waals surface area (Å²) in [7, 11) is 1.79. The van der Waals surface area contributed by atoms with Gasteiger partial charge in [0.05, 0.1) is 11.8 Å². The quantitative estimate of drug-likeness (QED) is 0.901. The first-order chi connectivity index (χ1) is 12.0. The third kappa shape index (κ3) is 4.25. The van der Waals surface area contributed by atoms with Gasteiger partial charge in [-0.1, -0.05) is 0 Å². The number of halogens is 1. The molecule has 1 atom stereocenters. The van der Waals surface area contributed by atoms with Gasteiger partial charge in [0, 0.05) is 25.8 Å². The fourth-order valence-electron chi connectivity index (χ4n) is 3.06. The number of rotatable bonds is 5. The lowest BCUT2D eigenvalue weighted by atomic mass is 10.1. The Hall–Kier alpha value is -2.21. The monoisotopic (exact) mass is 345 g/mol. The van der Waals surface area contributed by atoms with E-state index in [0.29, 0.717) is 23.5 Å². The predicted molar refractivity (Wildman–Crippen MR) is 93.9 cm³/mol. The molecule has 0 aliphatic carbocycles. The van der Waals surface area contributed by atoms with Crippen molar-refractivity contribution in [2.45, 2.75) is 38.7 Å². The highest BCUT2D eigenvalue weighted by atomic mass is 19.1. The first-order valence-corrected chi connectivity index (χ1v) is 8.73. The molecule has 1 fully saturated rings. The number of amides is 1. The highest BCUT2D eigenvalue weighted by Gasteiger charge is 2.19. The van der Waals surface area contributed by atoms with E-state index in [1.807, 2.05) is 0 Å². The number of aryl methyl sites for hydroxylation is 1. The van der Waals surface area contributed by atoms with E-state index in [-0.39, 0.29) is 17.8 Å². The molecule has 2 aromatic rings. The third-order valence-electron chi connectivity index (χ3n) is 4.67. The summed E-state index contributed by atoms with van der Waals surface area (Å²) in [6, 6.07) is 6.51. The van der Waals surface area contributed by atoms with E-state index in [4.69, 9.17) is 4.74 Å². The van der Waals surface area contributed by atoms with E-state index in [9.17, 15) is 9.18 Å². The molecule has 134 valence electrons. The molecule has 1 aromatic carbocycles. The minimum atomic E-state index is -0.250. The summed E-state index contributed by atoms with van der Waals surface area (Å²) >= 11 is 0. The summed E-state index contributed by atoms with van der Waals surface area (Å²) in [5, 5.41) is 6.98. The normalized spacial score (nSPS) is 17.5. The van der Waals surface area contributed by atoms with Crippen LogP contribution in [0.25, 0.3) is 11.3 Å². The van der Waals surface area contributed by atoms with Crippen molar-refractivity contribution < 1.29 is 13.9 Å². The third-order valence-corrected chi connectivity index (χ3v) is 4.67. The van der Waals surface area contributed by atoms with Crippen LogP contribution in [0.3, 0.4) is 0 Å². The van der Waals surface area contributed by atoms with Gasteiger partial charge in [-0.3, -0.25) is 9.89 Å². The number of aromatic nitrogens is 2. The summed E-state index contributed by atoms with van der Waals surface area (Å²) in [4.78, 5) is 14.2. The summed E-state index contributed by atoms with van der Waals surface area (Å²) in [6.07, 6.45) is 4.50. The SMILES string of the molecule is Cc1cc(-c2cc(C(=O)N(C)CCC3CCCCO3)[nH]n2)ccc1F. The smallest absolute Gasteiger partial charge is 0.271 e. The zero-order chi connectivity index (χ0) is 17.8. The average molecular weight is 345 g/mol. The van der Waals surface area contributed by atoms with Crippen molar-refractivity contribution in [1.29, 1.82) is 0 Å². The number of nitrogens with one attached hydrogen (secondary N) is 1. The van der Waals surface area contributed by atoms with Gasteiger partial charge in [0.25, 0.3) is 5.91 Å². The fourth-order valence-corrected chi connectivity index (χ4v) is 3.06. The number of benzene rings is 1. The molecule has 1 unspecified atom stereocenters. The van der Waals surface area contributed by atoms with E-state index >= 15 is 0 Å². The number of ether oxygens (including phenoxy) is 1. The first-order valence-electron chi connectivity index (χ1n) is 8.73. The number of hydrogen-bond donors (Lipinski definition) is 1. The molecule has 5 nitrogen and oxygen atoms in total. The van der Waals surface area contributed by atoms with Gasteiger partial charge in [-0.05, 0) is 62.4 Å². The molecule has 1 aliphatic heterocycles. The van der Waals surface area contributed by atoms with Crippen molar-refractivity contribution in [2.75, 3.05) is 20.2 Å².